The number of aromatic nitrogens is 2. The number of thiophene rings is 1. The number of likely N-dealkylation sites (N-methyl/N-ethyl adjacent to an activating group) is 1. The number of hydrogen-bond acceptors (Lipinski definition) is 7. The van der Waals surface area contributed by atoms with Crippen LogP contribution in [0, 0.1) is 6.92 Å². The Kier molecular flexibility index (Phi) is 6.92. The van der Waals surface area contributed by atoms with Crippen LogP contribution in [0.3, 0.4) is 0 Å². The Labute approximate surface area is 167 Å². The Morgan fingerprint density at radius 1 is 1.39 bits per heavy atom. The Hall–Kier alpha value is -2.72. The number of nitrogens with zero attached hydrogens (tertiary/aromatic N) is 3. The smallest absolute Gasteiger partial charge is 0.341 e. The number of ether oxygens (including phenoxy) is 1. The highest BCUT2D eigenvalue weighted by Gasteiger charge is 2.26. The maximum absolute atomic E-state index is 12.5. The van der Waals surface area contributed by atoms with Crippen molar-refractivity contribution in [2.45, 2.75) is 33.4 Å². The fraction of sp³-hybridized carbons (Fsp3) is 0.444. The normalized spacial score (nSPS) is 11.1. The second-order valence-electron chi connectivity index (χ2n) is 6.82. The van der Waals surface area contributed by atoms with Crippen LogP contribution in [0.15, 0.2) is 12.4 Å². The number of esters is 1. The molecule has 2 aromatic heterocycles. The molecule has 0 bridgehead atoms. The van der Waals surface area contributed by atoms with Crippen molar-refractivity contribution in [3.05, 3.63) is 34.0 Å². The molecule has 0 atom stereocenters. The summed E-state index contributed by atoms with van der Waals surface area (Å²) in [6, 6.07) is 0. The van der Waals surface area contributed by atoms with Gasteiger partial charge in [-0.25, -0.2) is 4.79 Å². The molecule has 2 rings (SSSR count). The monoisotopic (exact) mass is 407 g/mol. The van der Waals surface area contributed by atoms with Crippen molar-refractivity contribution in [1.29, 1.82) is 0 Å². The van der Waals surface area contributed by atoms with Gasteiger partial charge in [0.25, 0.3) is 5.91 Å². The van der Waals surface area contributed by atoms with Crippen LogP contribution in [0.2, 0.25) is 0 Å². The lowest BCUT2D eigenvalue weighted by Crippen LogP contribution is -2.30. The van der Waals surface area contributed by atoms with Gasteiger partial charge in [0, 0.05) is 25.4 Å². The van der Waals surface area contributed by atoms with Gasteiger partial charge >= 0.3 is 5.97 Å². The Morgan fingerprint density at radius 3 is 2.61 bits per heavy atom. The van der Waals surface area contributed by atoms with E-state index in [1.54, 1.807) is 38.7 Å². The molecule has 10 heteroatoms. The first-order valence-electron chi connectivity index (χ1n) is 8.68. The molecule has 0 radical (unpaired) electrons. The lowest BCUT2D eigenvalue weighted by Gasteiger charge is -2.15. The summed E-state index contributed by atoms with van der Waals surface area (Å²) < 4.78 is 6.93. The molecule has 0 aromatic carbocycles. The minimum absolute atomic E-state index is 0.0937. The van der Waals surface area contributed by atoms with Crippen molar-refractivity contribution in [2.24, 2.45) is 12.8 Å². The second kappa shape index (κ2) is 8.98. The van der Waals surface area contributed by atoms with Crippen LogP contribution in [0.25, 0.3) is 0 Å². The maximum Gasteiger partial charge on any atom is 0.341 e. The molecule has 0 aliphatic carbocycles. The topological polar surface area (TPSA) is 120 Å². The fourth-order valence-corrected chi connectivity index (χ4v) is 3.75. The van der Waals surface area contributed by atoms with E-state index in [-0.39, 0.29) is 34.0 Å². The predicted molar refractivity (Wildman–Crippen MR) is 106 cm³/mol. The zero-order valence-electron chi connectivity index (χ0n) is 16.6. The van der Waals surface area contributed by atoms with E-state index in [1.165, 1.54) is 0 Å². The maximum atomic E-state index is 12.5. The third kappa shape index (κ3) is 5.40. The van der Waals surface area contributed by atoms with Crippen LogP contribution >= 0.6 is 11.3 Å². The number of nitrogens with one attached hydrogen (secondary N) is 1. The Bertz CT molecular complexity index is 887. The number of carbonyl (C=O) groups excluding carboxylic acids is 3. The van der Waals surface area contributed by atoms with Crippen LogP contribution in [-0.4, -0.2) is 52.2 Å². The molecule has 152 valence electrons. The average molecular weight is 407 g/mol. The fourth-order valence-electron chi connectivity index (χ4n) is 2.69. The van der Waals surface area contributed by atoms with Gasteiger partial charge in [-0.3, -0.25) is 19.2 Å². The largest absolute Gasteiger partial charge is 0.459 e. The number of aryl methyl sites for hydroxylation is 1. The van der Waals surface area contributed by atoms with Gasteiger partial charge in [0.2, 0.25) is 5.91 Å². The molecule has 0 aliphatic heterocycles. The van der Waals surface area contributed by atoms with E-state index in [9.17, 15) is 14.4 Å². The van der Waals surface area contributed by atoms with Gasteiger partial charge in [-0.1, -0.05) is 0 Å². The molecule has 0 spiro atoms. The van der Waals surface area contributed by atoms with Crippen molar-refractivity contribution in [2.75, 3.05) is 18.9 Å². The van der Waals surface area contributed by atoms with E-state index in [2.05, 4.69) is 10.4 Å². The molecule has 3 N–H and O–H groups in total. The van der Waals surface area contributed by atoms with Gasteiger partial charge in [-0.2, -0.15) is 5.10 Å². The predicted octanol–water partition coefficient (Wildman–Crippen LogP) is 1.52. The van der Waals surface area contributed by atoms with Crippen molar-refractivity contribution >= 4 is 34.1 Å². The average Bonchev–Trinajstić information content (AvgIpc) is 3.09. The molecular formula is C18H25N5O4S. The lowest BCUT2D eigenvalue weighted by molar-refractivity contribution is -0.117. The molecule has 2 heterocycles. The Morgan fingerprint density at radius 2 is 2.07 bits per heavy atom. The van der Waals surface area contributed by atoms with Gasteiger partial charge in [0.1, 0.15) is 5.00 Å². The first kappa shape index (κ1) is 21.6. The van der Waals surface area contributed by atoms with E-state index < -0.39 is 11.9 Å². The zero-order valence-corrected chi connectivity index (χ0v) is 17.4. The van der Waals surface area contributed by atoms with E-state index in [4.69, 9.17) is 10.5 Å². The van der Waals surface area contributed by atoms with Gasteiger partial charge < -0.3 is 15.8 Å². The number of primary amides is 1. The van der Waals surface area contributed by atoms with Gasteiger partial charge in [0.05, 0.1) is 29.3 Å². The quantitative estimate of drug-likeness (QED) is 0.641. The molecule has 0 saturated heterocycles. The summed E-state index contributed by atoms with van der Waals surface area (Å²) in [5, 5.41) is 7.07. The Balaban J connectivity index is 2.14. The molecule has 9 nitrogen and oxygen atoms in total. The number of amides is 2. The third-order valence-electron chi connectivity index (χ3n) is 3.79. The summed E-state index contributed by atoms with van der Waals surface area (Å²) >= 11 is 0.973. The summed E-state index contributed by atoms with van der Waals surface area (Å²) in [7, 11) is 3.62. The number of nitrogens with two attached hydrogens (primary N) is 1. The molecule has 2 amide bonds. The van der Waals surface area contributed by atoms with Crippen LogP contribution in [0.5, 0.6) is 0 Å². The SMILES string of the molecule is Cc1c(C(N)=O)sc(NC(=O)CN(C)Cc2cnn(C)c2)c1C(=O)OC(C)C. The summed E-state index contributed by atoms with van der Waals surface area (Å²) in [6.45, 7) is 5.69. The van der Waals surface area contributed by atoms with Crippen molar-refractivity contribution in [1.82, 2.24) is 14.7 Å². The minimum Gasteiger partial charge on any atom is -0.459 e. The van der Waals surface area contributed by atoms with Crippen molar-refractivity contribution in [3.8, 4) is 0 Å². The number of rotatable bonds is 8. The summed E-state index contributed by atoms with van der Waals surface area (Å²) in [6.07, 6.45) is 3.27. The van der Waals surface area contributed by atoms with Crippen molar-refractivity contribution in [3.63, 3.8) is 0 Å². The second-order valence-corrected chi connectivity index (χ2v) is 7.84. The molecular weight excluding hydrogens is 382 g/mol. The van der Waals surface area contributed by atoms with Gasteiger partial charge in [0.15, 0.2) is 0 Å². The van der Waals surface area contributed by atoms with Gasteiger partial charge in [-0.05, 0) is 33.4 Å². The number of carbonyl (C=O) groups is 3. The third-order valence-corrected chi connectivity index (χ3v) is 5.02. The molecule has 28 heavy (non-hydrogen) atoms. The summed E-state index contributed by atoms with van der Waals surface area (Å²) in [4.78, 5) is 38.6. The van der Waals surface area contributed by atoms with Crippen LogP contribution in [0.1, 0.15) is 45.0 Å². The van der Waals surface area contributed by atoms with Crippen LogP contribution < -0.4 is 11.1 Å². The van der Waals surface area contributed by atoms with E-state index >= 15 is 0 Å². The molecule has 2 aromatic rings. The molecule has 0 unspecified atom stereocenters. The highest BCUT2D eigenvalue weighted by atomic mass is 32.1. The highest BCUT2D eigenvalue weighted by Crippen LogP contribution is 2.33. The zero-order chi connectivity index (χ0) is 21.0. The molecule has 0 fully saturated rings. The first-order chi connectivity index (χ1) is 13.1. The summed E-state index contributed by atoms with van der Waals surface area (Å²) in [5.41, 5.74) is 6.93. The highest BCUT2D eigenvalue weighted by molar-refractivity contribution is 7.18. The standard InChI is InChI=1S/C18H25N5O4S/c1-10(2)27-18(26)14-11(3)15(16(19)25)28-17(14)21-13(24)9-22(4)7-12-6-20-23(5)8-12/h6,8,10H,7,9H2,1-5H3,(H2,19,25)(H,21,24). The van der Waals surface area contributed by atoms with Crippen LogP contribution in [0.4, 0.5) is 5.00 Å². The first-order valence-corrected chi connectivity index (χ1v) is 9.50. The van der Waals surface area contributed by atoms with E-state index in [0.29, 0.717) is 12.1 Å². The summed E-state index contributed by atoms with van der Waals surface area (Å²) in [5.74, 6) is -1.58. The molecule has 0 saturated carbocycles. The lowest BCUT2D eigenvalue weighted by atomic mass is 10.1. The van der Waals surface area contributed by atoms with Crippen LogP contribution in [-0.2, 0) is 23.1 Å². The van der Waals surface area contributed by atoms with Crippen molar-refractivity contribution < 1.29 is 19.1 Å². The molecule has 0 aliphatic rings. The van der Waals surface area contributed by atoms with E-state index in [0.717, 1.165) is 16.9 Å². The number of anilines is 1. The number of hydrogen-bond donors (Lipinski definition) is 2. The van der Waals surface area contributed by atoms with Gasteiger partial charge in [-0.15, -0.1) is 11.3 Å². The van der Waals surface area contributed by atoms with E-state index in [1.807, 2.05) is 18.1 Å². The minimum atomic E-state index is -0.657.